The van der Waals surface area contributed by atoms with Gasteiger partial charge in [0.05, 0.1) is 6.61 Å². The molecule has 194 valence electrons. The molecular formula is C28H55N3O2. The van der Waals surface area contributed by atoms with Crippen LogP contribution in [0.25, 0.3) is 0 Å². The third kappa shape index (κ3) is 19.1. The number of nitrogens with one attached hydrogen (secondary N) is 1. The Morgan fingerprint density at radius 2 is 1.21 bits per heavy atom. The number of hydrogen-bond donors (Lipinski definition) is 2. The topological polar surface area (TPSA) is 55.8 Å². The maximum absolute atomic E-state index is 12.1. The number of carbonyl (C=O) groups is 1. The Hall–Kier alpha value is -0.910. The molecule has 5 nitrogen and oxygen atoms in total. The van der Waals surface area contributed by atoms with E-state index in [4.69, 9.17) is 5.11 Å². The molecule has 0 atom stereocenters. The van der Waals surface area contributed by atoms with Crippen LogP contribution in [0.4, 0.5) is 0 Å². The molecule has 1 rings (SSSR count). The first-order chi connectivity index (χ1) is 16.3. The molecule has 0 unspecified atom stereocenters. The molecule has 33 heavy (non-hydrogen) atoms. The zero-order valence-electron chi connectivity index (χ0n) is 21.9. The molecule has 0 saturated carbocycles. The highest BCUT2D eigenvalue weighted by molar-refractivity contribution is 5.75. The summed E-state index contributed by atoms with van der Waals surface area (Å²) in [5.41, 5.74) is 3.04. The predicted octanol–water partition coefficient (Wildman–Crippen LogP) is 6.23. The smallest absolute Gasteiger partial charge is 0.234 e. The van der Waals surface area contributed by atoms with Gasteiger partial charge in [-0.25, -0.2) is 5.01 Å². The Morgan fingerprint density at radius 3 is 1.73 bits per heavy atom. The molecule has 1 amide bonds. The SMILES string of the molecule is CCCCCCCCC=CCCCCCCCCCCCC(=O)NN1CCN(CCO)CC1. The summed E-state index contributed by atoms with van der Waals surface area (Å²) < 4.78 is 0. The fraction of sp³-hybridized carbons (Fsp3) is 0.893. The van der Waals surface area contributed by atoms with Crippen LogP contribution in [0.5, 0.6) is 0 Å². The standard InChI is InChI=1S/C28H55N3O2/c1-2-3-4-5-6-7-8-9-10-11-12-13-14-15-16-17-18-19-20-21-28(33)29-31-24-22-30(23-25-31)26-27-32/h9-10,32H,2-8,11-27H2,1H3,(H,29,33). The fourth-order valence-electron chi connectivity index (χ4n) is 4.52. The van der Waals surface area contributed by atoms with E-state index in [0.717, 1.165) is 39.1 Å². The van der Waals surface area contributed by atoms with Crippen molar-refractivity contribution in [2.24, 2.45) is 0 Å². The molecule has 1 aliphatic rings. The van der Waals surface area contributed by atoms with Crippen LogP contribution in [0.1, 0.15) is 122 Å². The molecule has 0 aliphatic carbocycles. The van der Waals surface area contributed by atoms with Crippen molar-refractivity contribution in [3.63, 3.8) is 0 Å². The minimum Gasteiger partial charge on any atom is -0.395 e. The Balaban J connectivity index is 1.77. The number of aliphatic hydroxyl groups excluding tert-OH is 1. The van der Waals surface area contributed by atoms with Gasteiger partial charge >= 0.3 is 0 Å². The van der Waals surface area contributed by atoms with E-state index in [2.05, 4.69) is 29.4 Å². The van der Waals surface area contributed by atoms with Gasteiger partial charge in [-0.15, -0.1) is 0 Å². The zero-order valence-corrected chi connectivity index (χ0v) is 21.9. The van der Waals surface area contributed by atoms with Gasteiger partial charge in [-0.3, -0.25) is 15.1 Å². The second kappa shape index (κ2) is 22.9. The number of hydrogen-bond acceptors (Lipinski definition) is 4. The molecule has 0 aromatic carbocycles. The summed E-state index contributed by atoms with van der Waals surface area (Å²) in [6, 6.07) is 0. The Bertz CT molecular complexity index is 462. The van der Waals surface area contributed by atoms with E-state index in [9.17, 15) is 4.79 Å². The summed E-state index contributed by atoms with van der Waals surface area (Å²) >= 11 is 0. The Morgan fingerprint density at radius 1 is 0.727 bits per heavy atom. The van der Waals surface area contributed by atoms with Crippen LogP contribution >= 0.6 is 0 Å². The first-order valence-corrected chi connectivity index (χ1v) is 14.3. The lowest BCUT2D eigenvalue weighted by Crippen LogP contribution is -2.53. The van der Waals surface area contributed by atoms with E-state index < -0.39 is 0 Å². The second-order valence-electron chi connectivity index (χ2n) is 9.84. The van der Waals surface area contributed by atoms with Crippen LogP contribution in [-0.2, 0) is 4.79 Å². The van der Waals surface area contributed by atoms with E-state index in [1.54, 1.807) is 0 Å². The predicted molar refractivity (Wildman–Crippen MR) is 141 cm³/mol. The van der Waals surface area contributed by atoms with Gasteiger partial charge in [-0.05, 0) is 32.1 Å². The normalized spacial score (nSPS) is 15.5. The van der Waals surface area contributed by atoms with Crippen LogP contribution < -0.4 is 5.43 Å². The first kappa shape index (κ1) is 30.1. The molecular weight excluding hydrogens is 410 g/mol. The van der Waals surface area contributed by atoms with Gasteiger partial charge in [0.15, 0.2) is 0 Å². The molecule has 0 spiro atoms. The number of aliphatic hydroxyl groups is 1. The van der Waals surface area contributed by atoms with Gasteiger partial charge < -0.3 is 5.11 Å². The van der Waals surface area contributed by atoms with E-state index in [0.29, 0.717) is 6.42 Å². The van der Waals surface area contributed by atoms with Crippen LogP contribution in [-0.4, -0.2) is 60.3 Å². The molecule has 0 bridgehead atoms. The lowest BCUT2D eigenvalue weighted by Gasteiger charge is -2.34. The average molecular weight is 466 g/mol. The number of amides is 1. The molecule has 0 aromatic heterocycles. The van der Waals surface area contributed by atoms with E-state index >= 15 is 0 Å². The molecule has 0 aromatic rings. The van der Waals surface area contributed by atoms with Crippen molar-refractivity contribution in [3.8, 4) is 0 Å². The van der Waals surface area contributed by atoms with E-state index in [-0.39, 0.29) is 12.5 Å². The van der Waals surface area contributed by atoms with Crippen molar-refractivity contribution in [1.29, 1.82) is 0 Å². The maximum Gasteiger partial charge on any atom is 0.234 e. The Labute approximate surface area is 205 Å². The highest BCUT2D eigenvalue weighted by Gasteiger charge is 2.17. The van der Waals surface area contributed by atoms with Crippen LogP contribution in [0, 0.1) is 0 Å². The fourth-order valence-corrected chi connectivity index (χ4v) is 4.52. The van der Waals surface area contributed by atoms with Crippen molar-refractivity contribution >= 4 is 5.91 Å². The molecule has 0 radical (unpaired) electrons. The van der Waals surface area contributed by atoms with Gasteiger partial charge in [0, 0.05) is 39.1 Å². The largest absolute Gasteiger partial charge is 0.395 e. The summed E-state index contributed by atoms with van der Waals surface area (Å²) in [5.74, 6) is 0.159. The van der Waals surface area contributed by atoms with Gasteiger partial charge in [-0.2, -0.15) is 0 Å². The van der Waals surface area contributed by atoms with Crippen molar-refractivity contribution < 1.29 is 9.90 Å². The number of allylic oxidation sites excluding steroid dienone is 2. The number of hydrazine groups is 1. The third-order valence-electron chi connectivity index (χ3n) is 6.74. The van der Waals surface area contributed by atoms with Crippen LogP contribution in [0.2, 0.25) is 0 Å². The number of nitrogens with zero attached hydrogens (tertiary/aromatic N) is 2. The van der Waals surface area contributed by atoms with Gasteiger partial charge in [0.25, 0.3) is 0 Å². The van der Waals surface area contributed by atoms with Gasteiger partial charge in [0.2, 0.25) is 5.91 Å². The van der Waals surface area contributed by atoms with Crippen molar-refractivity contribution in [1.82, 2.24) is 15.3 Å². The molecule has 5 heteroatoms. The average Bonchev–Trinajstić information content (AvgIpc) is 2.82. The summed E-state index contributed by atoms with van der Waals surface area (Å²) in [5, 5.41) is 11.0. The third-order valence-corrected chi connectivity index (χ3v) is 6.74. The lowest BCUT2D eigenvalue weighted by molar-refractivity contribution is -0.127. The number of β-amino-alcohol motifs (C(OH)–C–C–N with tert-alkyl or cyclic N) is 1. The summed E-state index contributed by atoms with van der Waals surface area (Å²) in [6.07, 6.45) is 27.9. The zero-order chi connectivity index (χ0) is 23.8. The number of unbranched alkanes of at least 4 members (excludes halogenated alkanes) is 15. The summed E-state index contributed by atoms with van der Waals surface area (Å²) in [7, 11) is 0. The molecule has 2 N–H and O–H groups in total. The molecule has 1 aliphatic heterocycles. The number of carbonyl (C=O) groups excluding carboxylic acids is 1. The van der Waals surface area contributed by atoms with Gasteiger partial charge in [-0.1, -0.05) is 96.1 Å². The summed E-state index contributed by atoms with van der Waals surface area (Å²) in [4.78, 5) is 14.3. The number of rotatable bonds is 22. The Kier molecular flexibility index (Phi) is 20.9. The number of piperazine rings is 1. The molecule has 1 saturated heterocycles. The van der Waals surface area contributed by atoms with E-state index in [1.807, 2.05) is 5.01 Å². The van der Waals surface area contributed by atoms with E-state index in [1.165, 1.54) is 103 Å². The summed E-state index contributed by atoms with van der Waals surface area (Å²) in [6.45, 7) is 6.75. The van der Waals surface area contributed by atoms with Crippen molar-refractivity contribution in [2.75, 3.05) is 39.3 Å². The first-order valence-electron chi connectivity index (χ1n) is 14.3. The highest BCUT2D eigenvalue weighted by Crippen LogP contribution is 2.12. The minimum absolute atomic E-state index is 0.159. The second-order valence-corrected chi connectivity index (χ2v) is 9.84. The van der Waals surface area contributed by atoms with Gasteiger partial charge in [0.1, 0.15) is 0 Å². The van der Waals surface area contributed by atoms with Crippen LogP contribution in [0.15, 0.2) is 12.2 Å². The molecule has 1 fully saturated rings. The maximum atomic E-state index is 12.1. The van der Waals surface area contributed by atoms with Crippen LogP contribution in [0.3, 0.4) is 0 Å². The lowest BCUT2D eigenvalue weighted by atomic mass is 10.1. The van der Waals surface area contributed by atoms with Crippen molar-refractivity contribution in [2.45, 2.75) is 122 Å². The van der Waals surface area contributed by atoms with Crippen molar-refractivity contribution in [3.05, 3.63) is 12.2 Å². The monoisotopic (exact) mass is 465 g/mol. The quantitative estimate of drug-likeness (QED) is 0.147. The molecule has 1 heterocycles. The highest BCUT2D eigenvalue weighted by atomic mass is 16.3. The minimum atomic E-state index is 0.159.